The molecule has 0 radical (unpaired) electrons. The van der Waals surface area contributed by atoms with E-state index < -0.39 is 0 Å². The Morgan fingerprint density at radius 1 is 1.03 bits per heavy atom. The fourth-order valence-electron chi connectivity index (χ4n) is 4.44. The van der Waals surface area contributed by atoms with E-state index in [0.29, 0.717) is 5.92 Å². The lowest BCUT2D eigenvalue weighted by molar-refractivity contribution is -0.124. The predicted octanol–water partition coefficient (Wildman–Crippen LogP) is 3.02. The van der Waals surface area contributed by atoms with Gasteiger partial charge in [-0.2, -0.15) is 5.10 Å². The fraction of sp³-hybridized carbons (Fsp3) is 0.375. The van der Waals surface area contributed by atoms with Crippen LogP contribution in [0.3, 0.4) is 0 Å². The molecule has 0 aliphatic carbocycles. The van der Waals surface area contributed by atoms with Gasteiger partial charge in [0.15, 0.2) is 0 Å². The number of amides is 1. The van der Waals surface area contributed by atoms with Crippen LogP contribution in [-0.2, 0) is 4.79 Å². The maximum Gasteiger partial charge on any atom is 0.350 e. The second-order valence-corrected chi connectivity index (χ2v) is 8.44. The van der Waals surface area contributed by atoms with Crippen LogP contribution in [0, 0.1) is 0 Å². The van der Waals surface area contributed by atoms with E-state index in [1.165, 1.54) is 10.2 Å². The molecule has 162 valence electrons. The molecule has 1 aliphatic rings. The molecule has 1 aliphatic heterocycles. The summed E-state index contributed by atoms with van der Waals surface area (Å²) in [4.78, 5) is 26.8. The number of hydrogen-bond donors (Lipinski definition) is 1. The predicted molar refractivity (Wildman–Crippen MR) is 120 cm³/mol. The number of primary amides is 1. The van der Waals surface area contributed by atoms with Crippen LogP contribution in [0.2, 0.25) is 0 Å². The summed E-state index contributed by atoms with van der Waals surface area (Å²) >= 11 is 0. The van der Waals surface area contributed by atoms with E-state index in [1.807, 2.05) is 56.3 Å². The molecule has 1 atom stereocenters. The van der Waals surface area contributed by atoms with E-state index in [-0.39, 0.29) is 23.7 Å². The number of nitrogens with zero attached hydrogens (tertiary/aromatic N) is 4. The summed E-state index contributed by atoms with van der Waals surface area (Å²) in [6, 6.07) is 17.5. The van der Waals surface area contributed by atoms with Crippen molar-refractivity contribution in [1.82, 2.24) is 19.2 Å². The monoisotopic (exact) mass is 419 g/mol. The lowest BCUT2D eigenvalue weighted by atomic mass is 9.88. The number of likely N-dealkylation sites (tertiary alicyclic amines) is 1. The first-order chi connectivity index (χ1) is 15.0. The van der Waals surface area contributed by atoms with E-state index in [2.05, 4.69) is 22.1 Å². The molecule has 0 spiro atoms. The van der Waals surface area contributed by atoms with Gasteiger partial charge in [0.25, 0.3) is 0 Å². The quantitative estimate of drug-likeness (QED) is 0.665. The van der Waals surface area contributed by atoms with Gasteiger partial charge in [0.2, 0.25) is 5.91 Å². The summed E-state index contributed by atoms with van der Waals surface area (Å²) in [5.41, 5.74) is 8.62. The number of aromatic nitrogens is 3. The first kappa shape index (κ1) is 21.1. The van der Waals surface area contributed by atoms with Crippen LogP contribution in [0.1, 0.15) is 55.8 Å². The van der Waals surface area contributed by atoms with Crippen LogP contribution < -0.4 is 11.4 Å². The van der Waals surface area contributed by atoms with Gasteiger partial charge in [0.05, 0.1) is 11.7 Å². The van der Waals surface area contributed by atoms with Gasteiger partial charge < -0.3 is 5.73 Å². The molecule has 7 nitrogen and oxygen atoms in total. The standard InChI is InChI=1S/C24H29N5O2/c1-17(2)29-24(31)28(16-26-29)21-10-8-18(9-11-21)19-12-14-27(15-13-19)22(23(25)30)20-6-4-3-5-7-20/h3-11,16-17,19,22H,12-15H2,1-2H3,(H2,25,30). The van der Waals surface area contributed by atoms with Crippen molar-refractivity contribution < 1.29 is 4.79 Å². The number of carbonyl (C=O) groups is 1. The summed E-state index contributed by atoms with van der Waals surface area (Å²) < 4.78 is 3.05. The summed E-state index contributed by atoms with van der Waals surface area (Å²) in [5.74, 6) is 0.117. The molecule has 1 saturated heterocycles. The number of hydrogen-bond acceptors (Lipinski definition) is 4. The van der Waals surface area contributed by atoms with E-state index in [1.54, 1.807) is 10.9 Å². The molecular formula is C24H29N5O2. The van der Waals surface area contributed by atoms with E-state index in [9.17, 15) is 9.59 Å². The smallest absolute Gasteiger partial charge is 0.350 e. The Hall–Kier alpha value is -3.19. The van der Waals surface area contributed by atoms with Gasteiger partial charge in [0, 0.05) is 0 Å². The van der Waals surface area contributed by atoms with E-state index >= 15 is 0 Å². The third-order valence-corrected chi connectivity index (χ3v) is 6.10. The van der Waals surface area contributed by atoms with E-state index in [0.717, 1.165) is 37.2 Å². The molecule has 31 heavy (non-hydrogen) atoms. The average molecular weight is 420 g/mol. The second kappa shape index (κ2) is 8.89. The molecule has 2 aromatic carbocycles. The first-order valence-electron chi connectivity index (χ1n) is 10.8. The number of carbonyl (C=O) groups excluding carboxylic acids is 1. The van der Waals surface area contributed by atoms with Crippen LogP contribution in [0.4, 0.5) is 0 Å². The molecule has 3 aromatic rings. The number of nitrogens with two attached hydrogens (primary N) is 1. The lowest BCUT2D eigenvalue weighted by Crippen LogP contribution is -2.42. The molecule has 1 aromatic heterocycles. The van der Waals surface area contributed by atoms with Gasteiger partial charge in [-0.25, -0.2) is 14.0 Å². The zero-order valence-electron chi connectivity index (χ0n) is 18.0. The van der Waals surface area contributed by atoms with Gasteiger partial charge in [-0.05, 0) is 69.0 Å². The minimum Gasteiger partial charge on any atom is -0.368 e. The fourth-order valence-corrected chi connectivity index (χ4v) is 4.44. The van der Waals surface area contributed by atoms with Gasteiger partial charge in [-0.3, -0.25) is 9.69 Å². The summed E-state index contributed by atoms with van der Waals surface area (Å²) in [7, 11) is 0. The summed E-state index contributed by atoms with van der Waals surface area (Å²) in [6.45, 7) is 5.51. The van der Waals surface area contributed by atoms with Crippen LogP contribution in [0.25, 0.3) is 5.69 Å². The van der Waals surface area contributed by atoms with Gasteiger partial charge in [-0.1, -0.05) is 42.5 Å². The largest absolute Gasteiger partial charge is 0.368 e. The Bertz CT molecular complexity index is 1080. The van der Waals surface area contributed by atoms with Crippen LogP contribution in [-0.4, -0.2) is 38.2 Å². The molecular weight excluding hydrogens is 390 g/mol. The first-order valence-corrected chi connectivity index (χ1v) is 10.8. The van der Waals surface area contributed by atoms with Crippen LogP contribution in [0.5, 0.6) is 0 Å². The number of benzene rings is 2. The minimum absolute atomic E-state index is 0.0262. The Morgan fingerprint density at radius 2 is 1.68 bits per heavy atom. The minimum atomic E-state index is -0.381. The Labute approximate surface area is 182 Å². The van der Waals surface area contributed by atoms with Crippen LogP contribution in [0.15, 0.2) is 65.7 Å². The summed E-state index contributed by atoms with van der Waals surface area (Å²) in [5, 5.41) is 4.19. The number of piperidine rings is 1. The SMILES string of the molecule is CC(C)n1ncn(-c2ccc(C3CCN(C(C(N)=O)c4ccccc4)CC3)cc2)c1=O. The van der Waals surface area contributed by atoms with Crippen molar-refractivity contribution in [2.75, 3.05) is 13.1 Å². The molecule has 7 heteroatoms. The van der Waals surface area contributed by atoms with E-state index in [4.69, 9.17) is 5.73 Å². The topological polar surface area (TPSA) is 86.2 Å². The second-order valence-electron chi connectivity index (χ2n) is 8.44. The molecule has 2 N–H and O–H groups in total. The highest BCUT2D eigenvalue weighted by molar-refractivity contribution is 5.81. The van der Waals surface area contributed by atoms with Crippen molar-refractivity contribution in [2.45, 2.75) is 44.7 Å². The maximum atomic E-state index is 12.5. The van der Waals surface area contributed by atoms with Crippen molar-refractivity contribution in [3.05, 3.63) is 82.5 Å². The maximum absolute atomic E-state index is 12.5. The van der Waals surface area contributed by atoms with Gasteiger partial charge in [-0.15, -0.1) is 0 Å². The van der Waals surface area contributed by atoms with Gasteiger partial charge >= 0.3 is 5.69 Å². The van der Waals surface area contributed by atoms with Crippen molar-refractivity contribution in [1.29, 1.82) is 0 Å². The summed E-state index contributed by atoms with van der Waals surface area (Å²) in [6.07, 6.45) is 3.49. The zero-order valence-corrected chi connectivity index (χ0v) is 18.0. The molecule has 4 rings (SSSR count). The third-order valence-electron chi connectivity index (χ3n) is 6.10. The van der Waals surface area contributed by atoms with Crippen molar-refractivity contribution >= 4 is 5.91 Å². The van der Waals surface area contributed by atoms with Crippen LogP contribution >= 0.6 is 0 Å². The Kier molecular flexibility index (Phi) is 6.04. The van der Waals surface area contributed by atoms with Crippen molar-refractivity contribution in [3.8, 4) is 5.69 Å². The average Bonchev–Trinajstić information content (AvgIpc) is 3.17. The third kappa shape index (κ3) is 4.32. The zero-order chi connectivity index (χ0) is 22.0. The highest BCUT2D eigenvalue weighted by atomic mass is 16.2. The van der Waals surface area contributed by atoms with Gasteiger partial charge in [0.1, 0.15) is 12.4 Å². The molecule has 2 heterocycles. The highest BCUT2D eigenvalue weighted by Gasteiger charge is 2.30. The van der Waals surface area contributed by atoms with Crippen molar-refractivity contribution in [3.63, 3.8) is 0 Å². The highest BCUT2D eigenvalue weighted by Crippen LogP contribution is 2.32. The molecule has 1 fully saturated rings. The number of rotatable bonds is 6. The van der Waals surface area contributed by atoms with Crippen molar-refractivity contribution in [2.24, 2.45) is 5.73 Å². The molecule has 0 bridgehead atoms. The molecule has 1 amide bonds. The normalized spacial score (nSPS) is 16.5. The lowest BCUT2D eigenvalue weighted by Gasteiger charge is -2.36. The Morgan fingerprint density at radius 3 is 2.23 bits per heavy atom. The molecule has 0 saturated carbocycles. The Balaban J connectivity index is 1.44. The molecule has 1 unspecified atom stereocenters.